The van der Waals surface area contributed by atoms with Crippen molar-refractivity contribution in [2.24, 2.45) is 0 Å². The second-order valence-corrected chi connectivity index (χ2v) is 6.11. The van der Waals surface area contributed by atoms with E-state index in [-0.39, 0.29) is 5.91 Å². The average molecular weight is 300 g/mol. The normalized spacial score (nSPS) is 19.0. The molecule has 0 radical (unpaired) electrons. The number of carbonyl (C=O) groups excluding carboxylic acids is 1. The summed E-state index contributed by atoms with van der Waals surface area (Å²) in [7, 11) is 0. The molecule has 2 aromatic rings. The summed E-state index contributed by atoms with van der Waals surface area (Å²) in [5.41, 5.74) is 1.53. The van der Waals surface area contributed by atoms with Crippen molar-refractivity contribution in [1.82, 2.24) is 9.88 Å². The molecule has 4 heteroatoms. The predicted octanol–water partition coefficient (Wildman–Crippen LogP) is 3.93. The predicted molar refractivity (Wildman–Crippen MR) is 88.0 cm³/mol. The zero-order chi connectivity index (χ0) is 14.8. The number of carbonyl (C=O) groups is 1. The van der Waals surface area contributed by atoms with Gasteiger partial charge in [0, 0.05) is 29.1 Å². The number of likely N-dealkylation sites (tertiary alicyclic amines) is 1. The first-order valence-electron chi connectivity index (χ1n) is 7.59. The zero-order valence-corrected chi connectivity index (χ0v) is 13.1. The third-order valence-corrected chi connectivity index (χ3v) is 4.66. The van der Waals surface area contributed by atoms with E-state index >= 15 is 0 Å². The molecule has 0 aliphatic carbocycles. The smallest absolute Gasteiger partial charge is 0.255 e. The number of fused-ring (bicyclic) bond motifs is 1. The number of pyridine rings is 1. The first-order valence-corrected chi connectivity index (χ1v) is 8.04. The molecule has 1 amide bonds. The van der Waals surface area contributed by atoms with E-state index < -0.39 is 0 Å². The van der Waals surface area contributed by atoms with Crippen molar-refractivity contribution < 1.29 is 4.79 Å². The van der Waals surface area contributed by atoms with Crippen LogP contribution in [0.15, 0.2) is 35.4 Å². The molecule has 0 saturated carbocycles. The molecule has 0 N–H and O–H groups in total. The van der Waals surface area contributed by atoms with Gasteiger partial charge in [0.25, 0.3) is 5.91 Å². The summed E-state index contributed by atoms with van der Waals surface area (Å²) in [6, 6.07) is 8.14. The first-order chi connectivity index (χ1) is 10.2. The number of nitrogens with zero attached hydrogens (tertiary/aromatic N) is 2. The fourth-order valence-corrected chi connectivity index (χ4v) is 3.39. The van der Waals surface area contributed by atoms with Crippen LogP contribution in [0.3, 0.4) is 0 Å². The monoisotopic (exact) mass is 300 g/mol. The summed E-state index contributed by atoms with van der Waals surface area (Å²) in [5.74, 6) is 0.112. The number of rotatable bonds is 2. The molecule has 1 atom stereocenters. The molecule has 21 heavy (non-hydrogen) atoms. The van der Waals surface area contributed by atoms with Crippen molar-refractivity contribution in [2.75, 3.05) is 6.54 Å². The minimum absolute atomic E-state index is 0.112. The van der Waals surface area contributed by atoms with E-state index in [4.69, 9.17) is 0 Å². The van der Waals surface area contributed by atoms with E-state index in [0.717, 1.165) is 41.6 Å². The van der Waals surface area contributed by atoms with Gasteiger partial charge in [0.05, 0.1) is 11.1 Å². The molecular formula is C17H20N2OS. The van der Waals surface area contributed by atoms with Crippen LogP contribution in [0.4, 0.5) is 0 Å². The van der Waals surface area contributed by atoms with Crippen LogP contribution in [0.5, 0.6) is 0 Å². The molecular weight excluding hydrogens is 280 g/mol. The SMILES string of the molecule is CCC1CCCCN1C(=O)c1cnc2c(S)cccc2c1. The van der Waals surface area contributed by atoms with Crippen LogP contribution in [0, 0.1) is 0 Å². The van der Waals surface area contributed by atoms with Crippen molar-refractivity contribution >= 4 is 29.4 Å². The third-order valence-electron chi connectivity index (χ3n) is 4.30. The van der Waals surface area contributed by atoms with Gasteiger partial charge >= 0.3 is 0 Å². The van der Waals surface area contributed by atoms with Gasteiger partial charge in [-0.1, -0.05) is 19.1 Å². The van der Waals surface area contributed by atoms with E-state index in [1.165, 1.54) is 6.42 Å². The van der Waals surface area contributed by atoms with E-state index in [9.17, 15) is 4.79 Å². The number of thiol groups is 1. The van der Waals surface area contributed by atoms with Gasteiger partial charge in [0.1, 0.15) is 0 Å². The quantitative estimate of drug-likeness (QED) is 0.853. The van der Waals surface area contributed by atoms with Crippen LogP contribution in [0.1, 0.15) is 43.0 Å². The van der Waals surface area contributed by atoms with Gasteiger partial charge in [-0.25, -0.2) is 0 Å². The Kier molecular flexibility index (Phi) is 4.15. The highest BCUT2D eigenvalue weighted by atomic mass is 32.1. The maximum absolute atomic E-state index is 12.8. The van der Waals surface area contributed by atoms with Crippen molar-refractivity contribution in [2.45, 2.75) is 43.5 Å². The summed E-state index contributed by atoms with van der Waals surface area (Å²) in [5, 5.41) is 0.971. The Balaban J connectivity index is 1.94. The Bertz CT molecular complexity index is 671. The molecule has 3 nitrogen and oxygen atoms in total. The van der Waals surface area contributed by atoms with Crippen molar-refractivity contribution in [3.63, 3.8) is 0 Å². The highest BCUT2D eigenvalue weighted by Crippen LogP contribution is 2.24. The van der Waals surface area contributed by atoms with Crippen LogP contribution in [-0.2, 0) is 0 Å². The van der Waals surface area contributed by atoms with Gasteiger partial charge in [0.15, 0.2) is 0 Å². The molecule has 1 aliphatic rings. The molecule has 1 aromatic heterocycles. The molecule has 110 valence electrons. The zero-order valence-electron chi connectivity index (χ0n) is 12.2. The van der Waals surface area contributed by atoms with Crippen LogP contribution in [0.2, 0.25) is 0 Å². The molecule has 1 aromatic carbocycles. The van der Waals surface area contributed by atoms with E-state index in [1.54, 1.807) is 6.20 Å². The molecule has 1 unspecified atom stereocenters. The number of hydrogen-bond donors (Lipinski definition) is 1. The average Bonchev–Trinajstić information content (AvgIpc) is 2.54. The lowest BCUT2D eigenvalue weighted by Crippen LogP contribution is -2.43. The van der Waals surface area contributed by atoms with Gasteiger partial charge in [-0.15, -0.1) is 12.6 Å². The summed E-state index contributed by atoms with van der Waals surface area (Å²) in [6.45, 7) is 3.02. The highest BCUT2D eigenvalue weighted by Gasteiger charge is 2.26. The van der Waals surface area contributed by atoms with Crippen LogP contribution >= 0.6 is 12.6 Å². The Morgan fingerprint density at radius 1 is 1.43 bits per heavy atom. The maximum atomic E-state index is 12.8. The fraction of sp³-hybridized carbons (Fsp3) is 0.412. The number of piperidine rings is 1. The van der Waals surface area contributed by atoms with Crippen LogP contribution < -0.4 is 0 Å². The molecule has 0 spiro atoms. The van der Waals surface area contributed by atoms with Gasteiger partial charge in [-0.05, 0) is 37.8 Å². The van der Waals surface area contributed by atoms with E-state index in [1.807, 2.05) is 29.2 Å². The second kappa shape index (κ2) is 6.06. The third kappa shape index (κ3) is 2.77. The topological polar surface area (TPSA) is 33.2 Å². The van der Waals surface area contributed by atoms with Crippen molar-refractivity contribution in [3.05, 3.63) is 36.0 Å². The fourth-order valence-electron chi connectivity index (χ4n) is 3.12. The molecule has 2 heterocycles. The largest absolute Gasteiger partial charge is 0.336 e. The number of aromatic nitrogens is 1. The Labute approximate surface area is 130 Å². The summed E-state index contributed by atoms with van der Waals surface area (Å²) >= 11 is 4.41. The lowest BCUT2D eigenvalue weighted by atomic mass is 9.99. The van der Waals surface area contributed by atoms with Crippen LogP contribution in [-0.4, -0.2) is 28.4 Å². The summed E-state index contributed by atoms with van der Waals surface area (Å²) < 4.78 is 0. The Hall–Kier alpha value is -1.55. The Morgan fingerprint density at radius 2 is 2.29 bits per heavy atom. The van der Waals surface area contributed by atoms with Crippen molar-refractivity contribution in [3.8, 4) is 0 Å². The molecule has 3 rings (SSSR count). The van der Waals surface area contributed by atoms with Gasteiger partial charge in [-0.3, -0.25) is 9.78 Å². The summed E-state index contributed by atoms with van der Waals surface area (Å²) in [6.07, 6.45) is 6.15. The number of benzene rings is 1. The lowest BCUT2D eigenvalue weighted by Gasteiger charge is -2.35. The van der Waals surface area contributed by atoms with Gasteiger partial charge in [0.2, 0.25) is 0 Å². The number of para-hydroxylation sites is 1. The van der Waals surface area contributed by atoms with Crippen LogP contribution in [0.25, 0.3) is 10.9 Å². The number of hydrogen-bond acceptors (Lipinski definition) is 3. The van der Waals surface area contributed by atoms with Gasteiger partial charge in [-0.2, -0.15) is 0 Å². The Morgan fingerprint density at radius 3 is 3.10 bits per heavy atom. The minimum Gasteiger partial charge on any atom is -0.336 e. The van der Waals surface area contributed by atoms with E-state index in [0.29, 0.717) is 11.6 Å². The summed E-state index contributed by atoms with van der Waals surface area (Å²) in [4.78, 5) is 20.1. The number of amides is 1. The molecule has 1 saturated heterocycles. The molecule has 1 fully saturated rings. The van der Waals surface area contributed by atoms with Crippen molar-refractivity contribution in [1.29, 1.82) is 0 Å². The molecule has 0 bridgehead atoms. The standard InChI is InChI=1S/C17H20N2OS/c1-2-14-7-3-4-9-19(14)17(20)13-10-12-6-5-8-15(21)16(12)18-11-13/h5-6,8,10-11,14,21H,2-4,7,9H2,1H3. The lowest BCUT2D eigenvalue weighted by molar-refractivity contribution is 0.0608. The van der Waals surface area contributed by atoms with Gasteiger partial charge < -0.3 is 4.90 Å². The minimum atomic E-state index is 0.112. The maximum Gasteiger partial charge on any atom is 0.255 e. The highest BCUT2D eigenvalue weighted by molar-refractivity contribution is 7.80. The molecule has 1 aliphatic heterocycles. The van der Waals surface area contributed by atoms with E-state index in [2.05, 4.69) is 24.5 Å². The second-order valence-electron chi connectivity index (χ2n) is 5.63. The first kappa shape index (κ1) is 14.4.